The van der Waals surface area contributed by atoms with E-state index < -0.39 is 5.60 Å². The second-order valence-corrected chi connectivity index (χ2v) is 6.68. The molecule has 0 radical (unpaired) electrons. The maximum Gasteiger partial charge on any atom is 0.191 e. The fourth-order valence-corrected chi connectivity index (χ4v) is 2.52. The number of nitrogens with zero attached hydrogens (tertiary/aromatic N) is 3. The van der Waals surface area contributed by atoms with Crippen molar-refractivity contribution >= 4 is 23.4 Å². The molecule has 0 aliphatic rings. The summed E-state index contributed by atoms with van der Waals surface area (Å²) in [5, 5.41) is 19.4. The van der Waals surface area contributed by atoms with Gasteiger partial charge in [0.2, 0.25) is 0 Å². The standard InChI is InChI=1S/C14H18ClN3O2S/c1-14(2,19)9-21-13-17-16-12(18(13)3)8-20-11-6-4-10(15)5-7-11/h4-7,19H,8-9H2,1-3H3. The summed E-state index contributed by atoms with van der Waals surface area (Å²) in [6, 6.07) is 7.17. The van der Waals surface area contributed by atoms with Gasteiger partial charge in [0.1, 0.15) is 12.4 Å². The Hall–Kier alpha value is -1.24. The van der Waals surface area contributed by atoms with E-state index in [0.717, 1.165) is 16.7 Å². The van der Waals surface area contributed by atoms with Crippen LogP contribution >= 0.6 is 23.4 Å². The van der Waals surface area contributed by atoms with Gasteiger partial charge in [-0.2, -0.15) is 0 Å². The second kappa shape index (κ2) is 6.68. The van der Waals surface area contributed by atoms with Crippen molar-refractivity contribution in [3.63, 3.8) is 0 Å². The molecule has 1 N–H and O–H groups in total. The van der Waals surface area contributed by atoms with Crippen LogP contribution in [0.15, 0.2) is 29.4 Å². The van der Waals surface area contributed by atoms with Gasteiger partial charge in [0.25, 0.3) is 0 Å². The molecule has 114 valence electrons. The first-order valence-corrected chi connectivity index (χ1v) is 7.83. The van der Waals surface area contributed by atoms with Crippen LogP contribution in [-0.4, -0.2) is 31.2 Å². The molecule has 0 unspecified atom stereocenters. The van der Waals surface area contributed by atoms with Crippen molar-refractivity contribution in [3.8, 4) is 5.75 Å². The predicted octanol–water partition coefficient (Wildman–Crippen LogP) is 2.91. The van der Waals surface area contributed by atoms with Crippen molar-refractivity contribution in [1.29, 1.82) is 0 Å². The minimum absolute atomic E-state index is 0.328. The van der Waals surface area contributed by atoms with Crippen molar-refractivity contribution in [1.82, 2.24) is 14.8 Å². The van der Waals surface area contributed by atoms with Gasteiger partial charge in [-0.05, 0) is 38.1 Å². The maximum absolute atomic E-state index is 9.74. The van der Waals surface area contributed by atoms with E-state index in [1.54, 1.807) is 26.0 Å². The first-order chi connectivity index (χ1) is 9.85. The van der Waals surface area contributed by atoms with Crippen LogP contribution in [0.5, 0.6) is 5.75 Å². The van der Waals surface area contributed by atoms with E-state index >= 15 is 0 Å². The molecule has 0 saturated carbocycles. The highest BCUT2D eigenvalue weighted by molar-refractivity contribution is 7.99. The number of ether oxygens (including phenoxy) is 1. The van der Waals surface area contributed by atoms with Gasteiger partial charge < -0.3 is 14.4 Å². The molecule has 2 aromatic rings. The summed E-state index contributed by atoms with van der Waals surface area (Å²) in [7, 11) is 1.88. The zero-order chi connectivity index (χ0) is 15.5. The molecule has 0 fully saturated rings. The Kier molecular flexibility index (Phi) is 5.13. The second-order valence-electron chi connectivity index (χ2n) is 5.30. The van der Waals surface area contributed by atoms with Crippen molar-refractivity contribution in [2.24, 2.45) is 7.05 Å². The number of rotatable bonds is 6. The minimum Gasteiger partial charge on any atom is -0.486 e. The SMILES string of the molecule is Cn1c(COc2ccc(Cl)cc2)nnc1SCC(C)(C)O. The van der Waals surface area contributed by atoms with Gasteiger partial charge in [-0.3, -0.25) is 0 Å². The average Bonchev–Trinajstić information content (AvgIpc) is 2.76. The van der Waals surface area contributed by atoms with Crippen LogP contribution in [0.2, 0.25) is 5.02 Å². The van der Waals surface area contributed by atoms with E-state index in [-0.39, 0.29) is 0 Å². The summed E-state index contributed by atoms with van der Waals surface area (Å²) in [6.45, 7) is 3.86. The lowest BCUT2D eigenvalue weighted by Crippen LogP contribution is -2.22. The molecule has 0 amide bonds. The molecule has 5 nitrogen and oxygen atoms in total. The highest BCUT2D eigenvalue weighted by atomic mass is 35.5. The van der Waals surface area contributed by atoms with Gasteiger partial charge in [-0.25, -0.2) is 0 Å². The van der Waals surface area contributed by atoms with Crippen LogP contribution < -0.4 is 4.74 Å². The van der Waals surface area contributed by atoms with Gasteiger partial charge in [0, 0.05) is 17.8 Å². The smallest absolute Gasteiger partial charge is 0.191 e. The van der Waals surface area contributed by atoms with E-state index in [9.17, 15) is 5.11 Å². The lowest BCUT2D eigenvalue weighted by atomic mass is 10.2. The Morgan fingerprint density at radius 2 is 1.95 bits per heavy atom. The minimum atomic E-state index is -0.739. The van der Waals surface area contributed by atoms with E-state index in [1.165, 1.54) is 11.8 Å². The normalized spacial score (nSPS) is 11.7. The average molecular weight is 328 g/mol. The van der Waals surface area contributed by atoms with E-state index in [1.807, 2.05) is 23.7 Å². The summed E-state index contributed by atoms with van der Waals surface area (Å²) in [6.07, 6.45) is 0. The number of aliphatic hydroxyl groups is 1. The Morgan fingerprint density at radius 1 is 1.29 bits per heavy atom. The molecule has 0 aliphatic carbocycles. The number of aromatic nitrogens is 3. The molecular weight excluding hydrogens is 310 g/mol. The van der Waals surface area contributed by atoms with Crippen molar-refractivity contribution in [2.45, 2.75) is 31.2 Å². The highest BCUT2D eigenvalue weighted by Gasteiger charge is 2.16. The number of thioether (sulfide) groups is 1. The molecule has 0 saturated heterocycles. The van der Waals surface area contributed by atoms with Crippen LogP contribution in [0.4, 0.5) is 0 Å². The Morgan fingerprint density at radius 3 is 2.57 bits per heavy atom. The lowest BCUT2D eigenvalue weighted by molar-refractivity contribution is 0.107. The third-order valence-electron chi connectivity index (χ3n) is 2.66. The molecule has 0 aliphatic heterocycles. The molecule has 0 spiro atoms. The van der Waals surface area contributed by atoms with E-state index in [2.05, 4.69) is 10.2 Å². The number of hydrogen-bond donors (Lipinski definition) is 1. The van der Waals surface area contributed by atoms with Gasteiger partial charge in [-0.15, -0.1) is 10.2 Å². The van der Waals surface area contributed by atoms with Crippen LogP contribution in [0, 0.1) is 0 Å². The molecule has 0 atom stereocenters. The van der Waals surface area contributed by atoms with Crippen molar-refractivity contribution in [3.05, 3.63) is 35.1 Å². The topological polar surface area (TPSA) is 60.2 Å². The molecule has 1 aromatic heterocycles. The monoisotopic (exact) mass is 327 g/mol. The van der Waals surface area contributed by atoms with Gasteiger partial charge in [0.15, 0.2) is 11.0 Å². The van der Waals surface area contributed by atoms with Gasteiger partial charge in [-0.1, -0.05) is 23.4 Å². The zero-order valence-corrected chi connectivity index (χ0v) is 13.8. The molecule has 2 rings (SSSR count). The Bertz CT molecular complexity index is 593. The van der Waals surface area contributed by atoms with Gasteiger partial charge >= 0.3 is 0 Å². The van der Waals surface area contributed by atoms with Crippen molar-refractivity contribution < 1.29 is 9.84 Å². The van der Waals surface area contributed by atoms with E-state index in [0.29, 0.717) is 17.4 Å². The van der Waals surface area contributed by atoms with Gasteiger partial charge in [0.05, 0.1) is 5.60 Å². The Labute approximate surface area is 133 Å². The van der Waals surface area contributed by atoms with E-state index in [4.69, 9.17) is 16.3 Å². The molecule has 0 bridgehead atoms. The molecule has 7 heteroatoms. The molecular formula is C14H18ClN3O2S. The fourth-order valence-electron chi connectivity index (χ4n) is 1.52. The summed E-state index contributed by atoms with van der Waals surface area (Å²) in [5.74, 6) is 2.01. The molecule has 1 aromatic carbocycles. The lowest BCUT2D eigenvalue weighted by Gasteiger charge is -2.15. The highest BCUT2D eigenvalue weighted by Crippen LogP contribution is 2.21. The predicted molar refractivity (Wildman–Crippen MR) is 83.8 cm³/mol. The van der Waals surface area contributed by atoms with Crippen molar-refractivity contribution in [2.75, 3.05) is 5.75 Å². The van der Waals surface area contributed by atoms with Crippen LogP contribution in [0.25, 0.3) is 0 Å². The first kappa shape index (κ1) is 16.1. The summed E-state index contributed by atoms with van der Waals surface area (Å²) in [4.78, 5) is 0. The molecule has 1 heterocycles. The molecule has 21 heavy (non-hydrogen) atoms. The quantitative estimate of drug-likeness (QED) is 0.827. The maximum atomic E-state index is 9.74. The fraction of sp³-hybridized carbons (Fsp3) is 0.429. The summed E-state index contributed by atoms with van der Waals surface area (Å²) < 4.78 is 7.51. The third-order valence-corrected chi connectivity index (χ3v) is 4.38. The first-order valence-electron chi connectivity index (χ1n) is 6.47. The summed E-state index contributed by atoms with van der Waals surface area (Å²) >= 11 is 7.29. The summed E-state index contributed by atoms with van der Waals surface area (Å²) in [5.41, 5.74) is -0.739. The zero-order valence-electron chi connectivity index (χ0n) is 12.2. The van der Waals surface area contributed by atoms with Crippen LogP contribution in [0.1, 0.15) is 19.7 Å². The van der Waals surface area contributed by atoms with Crippen LogP contribution in [-0.2, 0) is 13.7 Å². The number of halogens is 1. The number of benzene rings is 1. The number of hydrogen-bond acceptors (Lipinski definition) is 5. The Balaban J connectivity index is 1.95. The van der Waals surface area contributed by atoms with Crippen LogP contribution in [0.3, 0.4) is 0 Å². The largest absolute Gasteiger partial charge is 0.486 e. The third kappa shape index (κ3) is 4.91.